The van der Waals surface area contributed by atoms with Crippen molar-refractivity contribution in [1.82, 2.24) is 29.1 Å². The Balaban J connectivity index is 1.45. The maximum absolute atomic E-state index is 6.47. The van der Waals surface area contributed by atoms with Crippen LogP contribution in [0.25, 0.3) is 33.7 Å². The molecule has 0 bridgehead atoms. The normalized spacial score (nSPS) is 11.2. The van der Waals surface area contributed by atoms with Crippen molar-refractivity contribution in [1.29, 1.82) is 0 Å². The number of H-pyrrole nitrogens is 1. The Morgan fingerprint density at radius 3 is 2.93 bits per heavy atom. The quantitative estimate of drug-likeness (QED) is 0.443. The van der Waals surface area contributed by atoms with Crippen LogP contribution >= 0.6 is 23.1 Å². The van der Waals surface area contributed by atoms with Crippen molar-refractivity contribution in [2.75, 3.05) is 5.32 Å². The SMILES string of the molecule is Cn1ccnc1-c1cccc(-c2nsc(Nc3ccc4[nH]ncc4c3Cl)n2)c1. The topological polar surface area (TPSA) is 84.3 Å². The van der Waals surface area contributed by atoms with Crippen LogP contribution in [0.5, 0.6) is 0 Å². The Kier molecular flexibility index (Phi) is 4.07. The molecule has 2 N–H and O–H groups in total. The van der Waals surface area contributed by atoms with Crippen molar-refractivity contribution in [3.8, 4) is 22.8 Å². The fourth-order valence-electron chi connectivity index (χ4n) is 3.03. The average Bonchev–Trinajstić information content (AvgIpc) is 3.45. The second-order valence-electron chi connectivity index (χ2n) is 6.25. The molecule has 0 aliphatic carbocycles. The minimum absolute atomic E-state index is 0.597. The first kappa shape index (κ1) is 16.9. The van der Waals surface area contributed by atoms with Crippen molar-refractivity contribution in [2.24, 2.45) is 7.05 Å². The van der Waals surface area contributed by atoms with Gasteiger partial charge in [0.15, 0.2) is 5.82 Å². The summed E-state index contributed by atoms with van der Waals surface area (Å²) in [4.78, 5) is 9.02. The fourth-order valence-corrected chi connectivity index (χ4v) is 3.89. The Labute approximate surface area is 169 Å². The van der Waals surface area contributed by atoms with Gasteiger partial charge in [-0.15, -0.1) is 0 Å². The summed E-state index contributed by atoms with van der Waals surface area (Å²) in [6.45, 7) is 0. The van der Waals surface area contributed by atoms with Crippen LogP contribution in [-0.4, -0.2) is 29.1 Å². The first-order valence-corrected chi connectivity index (χ1v) is 9.64. The van der Waals surface area contributed by atoms with Gasteiger partial charge in [0, 0.05) is 47.5 Å². The van der Waals surface area contributed by atoms with Gasteiger partial charge in [0.25, 0.3) is 0 Å². The predicted octanol–water partition coefficient (Wildman–Crippen LogP) is 4.88. The molecule has 9 heteroatoms. The Morgan fingerprint density at radius 2 is 2.07 bits per heavy atom. The molecule has 5 rings (SSSR count). The summed E-state index contributed by atoms with van der Waals surface area (Å²) in [5, 5.41) is 12.3. The molecule has 0 atom stereocenters. The highest BCUT2D eigenvalue weighted by Crippen LogP contribution is 2.33. The van der Waals surface area contributed by atoms with Gasteiger partial charge in [-0.2, -0.15) is 14.5 Å². The molecule has 0 aliphatic rings. The number of benzene rings is 2. The van der Waals surface area contributed by atoms with Crippen LogP contribution in [0, 0.1) is 0 Å². The highest BCUT2D eigenvalue weighted by Gasteiger charge is 2.12. The van der Waals surface area contributed by atoms with Crippen molar-refractivity contribution < 1.29 is 0 Å². The number of imidazole rings is 1. The fraction of sp³-hybridized carbons (Fsp3) is 0.0526. The standard InChI is InChI=1S/C19H14ClN7S/c1-27-8-7-21-18(27)12-4-2-3-11(9-12)17-24-19(28-26-17)23-15-6-5-14-13(16(15)20)10-22-25-14/h2-10H,1H3,(H,22,25)(H,23,24,26). The van der Waals surface area contributed by atoms with Crippen LogP contribution in [0.2, 0.25) is 5.02 Å². The largest absolute Gasteiger partial charge is 0.334 e. The number of aromatic amines is 1. The van der Waals surface area contributed by atoms with E-state index < -0.39 is 0 Å². The molecule has 0 unspecified atom stereocenters. The van der Waals surface area contributed by atoms with Gasteiger partial charge < -0.3 is 9.88 Å². The van der Waals surface area contributed by atoms with Gasteiger partial charge in [-0.3, -0.25) is 5.10 Å². The van der Waals surface area contributed by atoms with E-state index in [1.807, 2.05) is 54.2 Å². The third kappa shape index (κ3) is 2.92. The maximum atomic E-state index is 6.47. The second-order valence-corrected chi connectivity index (χ2v) is 7.38. The Morgan fingerprint density at radius 1 is 1.18 bits per heavy atom. The molecule has 3 heterocycles. The predicted molar refractivity (Wildman–Crippen MR) is 112 cm³/mol. The molecule has 2 aromatic carbocycles. The van der Waals surface area contributed by atoms with E-state index in [0.29, 0.717) is 16.0 Å². The summed E-state index contributed by atoms with van der Waals surface area (Å²) in [6, 6.07) is 11.9. The smallest absolute Gasteiger partial charge is 0.207 e. The lowest BCUT2D eigenvalue weighted by atomic mass is 10.1. The van der Waals surface area contributed by atoms with Crippen LogP contribution in [0.4, 0.5) is 10.8 Å². The lowest BCUT2D eigenvalue weighted by Gasteiger charge is -2.05. The van der Waals surface area contributed by atoms with E-state index in [1.54, 1.807) is 12.4 Å². The molecule has 0 radical (unpaired) electrons. The highest BCUT2D eigenvalue weighted by atomic mass is 35.5. The molecular formula is C19H14ClN7S. The zero-order valence-corrected chi connectivity index (χ0v) is 16.3. The molecule has 0 aliphatic heterocycles. The van der Waals surface area contributed by atoms with Gasteiger partial charge in [0.1, 0.15) is 5.82 Å². The van der Waals surface area contributed by atoms with E-state index in [2.05, 4.69) is 29.9 Å². The summed E-state index contributed by atoms with van der Waals surface area (Å²) in [6.07, 6.45) is 5.41. The minimum Gasteiger partial charge on any atom is -0.334 e. The van der Waals surface area contributed by atoms with Crippen LogP contribution in [0.15, 0.2) is 55.0 Å². The van der Waals surface area contributed by atoms with Crippen molar-refractivity contribution in [3.63, 3.8) is 0 Å². The number of aryl methyl sites for hydroxylation is 1. The van der Waals surface area contributed by atoms with Crippen LogP contribution in [0.3, 0.4) is 0 Å². The number of fused-ring (bicyclic) bond motifs is 1. The molecule has 28 heavy (non-hydrogen) atoms. The van der Waals surface area contributed by atoms with Gasteiger partial charge in [0.2, 0.25) is 5.13 Å². The third-order valence-corrected chi connectivity index (χ3v) is 5.46. The van der Waals surface area contributed by atoms with Crippen molar-refractivity contribution in [2.45, 2.75) is 0 Å². The molecule has 0 fully saturated rings. The van der Waals surface area contributed by atoms with Crippen LogP contribution < -0.4 is 5.32 Å². The number of nitrogens with zero attached hydrogens (tertiary/aromatic N) is 5. The molecule has 7 nitrogen and oxygen atoms in total. The molecule has 138 valence electrons. The molecular weight excluding hydrogens is 394 g/mol. The third-order valence-electron chi connectivity index (χ3n) is 4.43. The number of halogens is 1. The summed E-state index contributed by atoms with van der Waals surface area (Å²) in [7, 11) is 1.97. The monoisotopic (exact) mass is 407 g/mol. The maximum Gasteiger partial charge on any atom is 0.207 e. The van der Waals surface area contributed by atoms with E-state index in [0.717, 1.165) is 33.5 Å². The van der Waals surface area contributed by atoms with E-state index in [4.69, 9.17) is 11.6 Å². The molecule has 0 saturated heterocycles. The first-order valence-electron chi connectivity index (χ1n) is 8.49. The summed E-state index contributed by atoms with van der Waals surface area (Å²) in [5.41, 5.74) is 3.60. The average molecular weight is 408 g/mol. The molecule has 0 saturated carbocycles. The van der Waals surface area contributed by atoms with Crippen LogP contribution in [-0.2, 0) is 7.05 Å². The number of rotatable bonds is 4. The van der Waals surface area contributed by atoms with E-state index in [9.17, 15) is 0 Å². The lowest BCUT2D eigenvalue weighted by Crippen LogP contribution is -1.92. The summed E-state index contributed by atoms with van der Waals surface area (Å²) in [5.74, 6) is 1.56. The van der Waals surface area contributed by atoms with Gasteiger partial charge in [-0.25, -0.2) is 4.98 Å². The van der Waals surface area contributed by atoms with E-state index in [1.165, 1.54) is 11.5 Å². The number of anilines is 2. The van der Waals surface area contributed by atoms with E-state index in [-0.39, 0.29) is 0 Å². The molecule has 0 spiro atoms. The molecule has 0 amide bonds. The number of aromatic nitrogens is 6. The Hall–Kier alpha value is -3.23. The first-order chi connectivity index (χ1) is 13.7. The van der Waals surface area contributed by atoms with Crippen molar-refractivity contribution >= 4 is 44.9 Å². The zero-order chi connectivity index (χ0) is 19.1. The van der Waals surface area contributed by atoms with Crippen LogP contribution in [0.1, 0.15) is 0 Å². The number of hydrogen-bond acceptors (Lipinski definition) is 6. The highest BCUT2D eigenvalue weighted by molar-refractivity contribution is 7.10. The number of nitrogens with one attached hydrogen (secondary N) is 2. The number of hydrogen-bond donors (Lipinski definition) is 2. The Bertz CT molecular complexity index is 1290. The van der Waals surface area contributed by atoms with Crippen molar-refractivity contribution in [3.05, 3.63) is 60.0 Å². The lowest BCUT2D eigenvalue weighted by molar-refractivity contribution is 0.925. The van der Waals surface area contributed by atoms with Gasteiger partial charge in [-0.1, -0.05) is 29.8 Å². The second kappa shape index (κ2) is 6.74. The summed E-state index contributed by atoms with van der Waals surface area (Å²) >= 11 is 7.76. The van der Waals surface area contributed by atoms with E-state index >= 15 is 0 Å². The minimum atomic E-state index is 0.597. The van der Waals surface area contributed by atoms with Gasteiger partial charge in [-0.05, 0) is 18.2 Å². The van der Waals surface area contributed by atoms with Gasteiger partial charge >= 0.3 is 0 Å². The molecule has 3 aromatic heterocycles. The molecule has 5 aromatic rings. The zero-order valence-electron chi connectivity index (χ0n) is 14.7. The summed E-state index contributed by atoms with van der Waals surface area (Å²) < 4.78 is 6.47. The van der Waals surface area contributed by atoms with Gasteiger partial charge in [0.05, 0.1) is 22.4 Å².